The first-order valence-electron chi connectivity index (χ1n) is 6.70. The van der Waals surface area contributed by atoms with Crippen LogP contribution < -0.4 is 0 Å². The third-order valence-electron chi connectivity index (χ3n) is 2.93. The summed E-state index contributed by atoms with van der Waals surface area (Å²) >= 11 is 1.45. The number of halogens is 1. The first-order chi connectivity index (χ1) is 10.3. The molecule has 0 saturated carbocycles. The fraction of sp³-hybridized carbons (Fsp3) is 0.429. The Kier molecular flexibility index (Phi) is 5.57. The average molecular weight is 344 g/mol. The van der Waals surface area contributed by atoms with Crippen LogP contribution in [0.3, 0.4) is 0 Å². The zero-order chi connectivity index (χ0) is 16.2. The molecule has 2 rings (SSSR count). The van der Waals surface area contributed by atoms with E-state index in [4.69, 9.17) is 4.52 Å². The third kappa shape index (κ3) is 5.42. The van der Waals surface area contributed by atoms with Crippen molar-refractivity contribution < 1.29 is 17.3 Å². The second-order valence-electron chi connectivity index (χ2n) is 4.99. The topological polar surface area (TPSA) is 73.1 Å². The van der Waals surface area contributed by atoms with Gasteiger partial charge in [-0.05, 0) is 24.6 Å². The Morgan fingerprint density at radius 3 is 2.64 bits per heavy atom. The van der Waals surface area contributed by atoms with Gasteiger partial charge >= 0.3 is 0 Å². The second kappa shape index (κ2) is 7.23. The number of thioether (sulfide) groups is 1. The van der Waals surface area contributed by atoms with Crippen molar-refractivity contribution >= 4 is 21.6 Å². The predicted octanol–water partition coefficient (Wildman–Crippen LogP) is 2.64. The molecule has 0 fully saturated rings. The molecule has 0 N–H and O–H groups in total. The van der Waals surface area contributed by atoms with E-state index in [0.29, 0.717) is 23.9 Å². The number of hydrogen-bond acceptors (Lipinski definition) is 6. The molecule has 0 aliphatic heterocycles. The smallest absolute Gasteiger partial charge is 0.239 e. The largest absolute Gasteiger partial charge is 0.338 e. The molecule has 2 aromatic rings. The van der Waals surface area contributed by atoms with Crippen molar-refractivity contribution in [1.82, 2.24) is 10.1 Å². The van der Waals surface area contributed by atoms with E-state index in [1.54, 1.807) is 12.1 Å². The van der Waals surface area contributed by atoms with Crippen molar-refractivity contribution in [2.45, 2.75) is 18.6 Å². The van der Waals surface area contributed by atoms with Crippen molar-refractivity contribution in [1.29, 1.82) is 0 Å². The Balaban J connectivity index is 1.91. The summed E-state index contributed by atoms with van der Waals surface area (Å²) in [5.74, 6) is 1.31. The number of rotatable bonds is 7. The maximum Gasteiger partial charge on any atom is 0.239 e. The van der Waals surface area contributed by atoms with Gasteiger partial charge < -0.3 is 4.52 Å². The van der Waals surface area contributed by atoms with Crippen LogP contribution in [0.2, 0.25) is 0 Å². The SMILES string of the molecule is C[C@H](SCCS(C)(=O)=O)c1nc(Cc2ccc(F)cc2)no1. The Hall–Kier alpha value is -1.41. The quantitative estimate of drug-likeness (QED) is 0.769. The van der Waals surface area contributed by atoms with Gasteiger partial charge in [-0.15, -0.1) is 11.8 Å². The fourth-order valence-corrected chi connectivity index (χ4v) is 3.92. The average Bonchev–Trinajstić information content (AvgIpc) is 2.88. The summed E-state index contributed by atoms with van der Waals surface area (Å²) in [5, 5.41) is 3.83. The van der Waals surface area contributed by atoms with Gasteiger partial charge in [0.2, 0.25) is 5.89 Å². The molecular formula is C14H17FN2O3S2. The molecule has 0 saturated heterocycles. The van der Waals surface area contributed by atoms with Gasteiger partial charge in [0.25, 0.3) is 0 Å². The molecule has 1 aromatic carbocycles. The van der Waals surface area contributed by atoms with E-state index in [2.05, 4.69) is 10.1 Å². The van der Waals surface area contributed by atoms with E-state index >= 15 is 0 Å². The van der Waals surface area contributed by atoms with Crippen LogP contribution in [0.25, 0.3) is 0 Å². The normalized spacial score (nSPS) is 13.2. The highest BCUT2D eigenvalue weighted by molar-refractivity contribution is 8.00. The minimum atomic E-state index is -2.96. The van der Waals surface area contributed by atoms with Crippen LogP contribution in [-0.2, 0) is 16.3 Å². The maximum atomic E-state index is 12.8. The summed E-state index contributed by atoms with van der Waals surface area (Å²) in [6, 6.07) is 6.13. The highest BCUT2D eigenvalue weighted by Crippen LogP contribution is 2.27. The maximum absolute atomic E-state index is 12.8. The van der Waals surface area contributed by atoms with Gasteiger partial charge in [-0.3, -0.25) is 0 Å². The van der Waals surface area contributed by atoms with E-state index in [1.807, 2.05) is 6.92 Å². The predicted molar refractivity (Wildman–Crippen MR) is 84.1 cm³/mol. The number of hydrogen-bond donors (Lipinski definition) is 0. The first kappa shape index (κ1) is 17.0. The lowest BCUT2D eigenvalue weighted by molar-refractivity contribution is 0.375. The Bertz CT molecular complexity index is 714. The molecule has 0 unspecified atom stereocenters. The standard InChI is InChI=1S/C14H17FN2O3S2/c1-10(21-7-8-22(2,18)19)14-16-13(17-20-14)9-11-3-5-12(15)6-4-11/h3-6,10H,7-9H2,1-2H3/t10-/m0/s1. The van der Waals surface area contributed by atoms with Gasteiger partial charge in [0, 0.05) is 18.4 Å². The lowest BCUT2D eigenvalue weighted by atomic mass is 10.1. The van der Waals surface area contributed by atoms with Gasteiger partial charge in [0.05, 0.1) is 11.0 Å². The van der Waals surface area contributed by atoms with Gasteiger partial charge in [-0.2, -0.15) is 4.98 Å². The van der Waals surface area contributed by atoms with E-state index in [0.717, 1.165) is 5.56 Å². The van der Waals surface area contributed by atoms with Crippen molar-refractivity contribution in [3.63, 3.8) is 0 Å². The van der Waals surface area contributed by atoms with Crippen molar-refractivity contribution in [2.75, 3.05) is 17.8 Å². The van der Waals surface area contributed by atoms with E-state index in [-0.39, 0.29) is 16.8 Å². The summed E-state index contributed by atoms with van der Waals surface area (Å²) in [6.07, 6.45) is 1.68. The molecule has 5 nitrogen and oxygen atoms in total. The van der Waals surface area contributed by atoms with Crippen molar-refractivity contribution in [2.24, 2.45) is 0 Å². The molecule has 120 valence electrons. The Morgan fingerprint density at radius 2 is 2.00 bits per heavy atom. The van der Waals surface area contributed by atoms with Gasteiger partial charge in [-0.1, -0.05) is 17.3 Å². The molecule has 0 amide bonds. The van der Waals surface area contributed by atoms with Crippen LogP contribution in [0, 0.1) is 5.82 Å². The van der Waals surface area contributed by atoms with Gasteiger partial charge in [-0.25, -0.2) is 12.8 Å². The molecule has 8 heteroatoms. The monoisotopic (exact) mass is 344 g/mol. The molecule has 1 aromatic heterocycles. The van der Waals surface area contributed by atoms with Crippen LogP contribution in [-0.4, -0.2) is 36.3 Å². The summed E-state index contributed by atoms with van der Waals surface area (Å²) in [7, 11) is -2.96. The molecule has 0 aliphatic carbocycles. The highest BCUT2D eigenvalue weighted by Gasteiger charge is 2.16. The number of benzene rings is 1. The van der Waals surface area contributed by atoms with Crippen LogP contribution in [0.1, 0.15) is 29.5 Å². The molecule has 0 aliphatic rings. The molecule has 0 bridgehead atoms. The van der Waals surface area contributed by atoms with Crippen LogP contribution >= 0.6 is 11.8 Å². The van der Waals surface area contributed by atoms with E-state index < -0.39 is 9.84 Å². The first-order valence-corrected chi connectivity index (χ1v) is 9.80. The lowest BCUT2D eigenvalue weighted by Crippen LogP contribution is -2.06. The summed E-state index contributed by atoms with van der Waals surface area (Å²) in [5.41, 5.74) is 0.895. The van der Waals surface area contributed by atoms with Crippen molar-refractivity contribution in [3.05, 3.63) is 47.4 Å². The zero-order valence-electron chi connectivity index (χ0n) is 12.3. The zero-order valence-corrected chi connectivity index (χ0v) is 14.0. The molecule has 1 heterocycles. The van der Waals surface area contributed by atoms with Gasteiger partial charge in [0.1, 0.15) is 15.7 Å². The molecule has 22 heavy (non-hydrogen) atoms. The van der Waals surface area contributed by atoms with Crippen LogP contribution in [0.5, 0.6) is 0 Å². The second-order valence-corrected chi connectivity index (χ2v) is 8.70. The highest BCUT2D eigenvalue weighted by atomic mass is 32.2. The summed E-state index contributed by atoms with van der Waals surface area (Å²) in [4.78, 5) is 4.30. The fourth-order valence-electron chi connectivity index (χ4n) is 1.74. The van der Waals surface area contributed by atoms with E-state index in [9.17, 15) is 12.8 Å². The minimum Gasteiger partial charge on any atom is -0.338 e. The molecule has 0 radical (unpaired) electrons. The number of sulfone groups is 1. The Labute approximate surface area is 133 Å². The summed E-state index contributed by atoms with van der Waals surface area (Å²) in [6.45, 7) is 1.89. The van der Waals surface area contributed by atoms with Crippen molar-refractivity contribution in [3.8, 4) is 0 Å². The number of aromatic nitrogens is 2. The van der Waals surface area contributed by atoms with Gasteiger partial charge in [0.15, 0.2) is 5.82 Å². The molecular weight excluding hydrogens is 327 g/mol. The summed E-state index contributed by atoms with van der Waals surface area (Å²) < 4.78 is 40.2. The molecule has 0 spiro atoms. The minimum absolute atomic E-state index is 0.0729. The lowest BCUT2D eigenvalue weighted by Gasteiger charge is -2.04. The number of nitrogens with zero attached hydrogens (tertiary/aromatic N) is 2. The third-order valence-corrected chi connectivity index (χ3v) is 5.27. The Morgan fingerprint density at radius 1 is 1.32 bits per heavy atom. The molecule has 1 atom stereocenters. The van der Waals surface area contributed by atoms with Crippen LogP contribution in [0.15, 0.2) is 28.8 Å². The van der Waals surface area contributed by atoms with Crippen LogP contribution in [0.4, 0.5) is 4.39 Å². The van der Waals surface area contributed by atoms with E-state index in [1.165, 1.54) is 30.2 Å².